The van der Waals surface area contributed by atoms with Crippen LogP contribution in [0.2, 0.25) is 0 Å². The van der Waals surface area contributed by atoms with E-state index in [4.69, 9.17) is 14.5 Å². The maximum absolute atomic E-state index is 13.3. The topological polar surface area (TPSA) is 68.7 Å². The highest BCUT2D eigenvalue weighted by atomic mass is 32.1. The monoisotopic (exact) mass is 448 g/mol. The van der Waals surface area contributed by atoms with Crippen molar-refractivity contribution in [2.24, 2.45) is 0 Å². The van der Waals surface area contributed by atoms with Crippen molar-refractivity contribution in [2.45, 2.75) is 19.3 Å². The minimum atomic E-state index is -0.459. The third kappa shape index (κ3) is 4.18. The van der Waals surface area contributed by atoms with Crippen LogP contribution in [0, 0.1) is 0 Å². The van der Waals surface area contributed by atoms with Gasteiger partial charge in [0.15, 0.2) is 6.61 Å². The van der Waals surface area contributed by atoms with E-state index in [1.807, 2.05) is 30.3 Å². The van der Waals surface area contributed by atoms with Gasteiger partial charge in [-0.15, -0.1) is 11.3 Å². The number of esters is 1. The van der Waals surface area contributed by atoms with Gasteiger partial charge in [-0.3, -0.25) is 4.79 Å². The summed E-state index contributed by atoms with van der Waals surface area (Å²) in [5, 5.41) is 2.82. The quantitative estimate of drug-likeness (QED) is 0.560. The third-order valence-electron chi connectivity index (χ3n) is 5.92. The molecule has 5 rings (SSSR count). The van der Waals surface area contributed by atoms with E-state index in [0.29, 0.717) is 31.9 Å². The first-order valence-electron chi connectivity index (χ1n) is 10.9. The number of rotatable bonds is 4. The Balaban J connectivity index is 1.49. The summed E-state index contributed by atoms with van der Waals surface area (Å²) in [6, 6.07) is 11.8. The fourth-order valence-corrected chi connectivity index (χ4v) is 5.04. The molecule has 1 aliphatic heterocycles. The largest absolute Gasteiger partial charge is 0.452 e. The van der Waals surface area contributed by atoms with Crippen LogP contribution in [-0.2, 0) is 20.7 Å². The number of aromatic nitrogens is 1. The van der Waals surface area contributed by atoms with Gasteiger partial charge in [0.1, 0.15) is 0 Å². The summed E-state index contributed by atoms with van der Waals surface area (Å²) >= 11 is 1.68. The van der Waals surface area contributed by atoms with Crippen LogP contribution in [0.4, 0.5) is 0 Å². The number of thiophene rings is 1. The average molecular weight is 449 g/mol. The van der Waals surface area contributed by atoms with Gasteiger partial charge in [0.05, 0.1) is 30.0 Å². The number of allylic oxidation sites excluding steroid dienone is 1. The molecule has 0 spiro atoms. The molecule has 2 aromatic heterocycles. The molecule has 1 saturated heterocycles. The summed E-state index contributed by atoms with van der Waals surface area (Å²) < 4.78 is 10.8. The minimum absolute atomic E-state index is 0.188. The Labute approximate surface area is 190 Å². The predicted molar refractivity (Wildman–Crippen MR) is 125 cm³/mol. The second-order valence-electron chi connectivity index (χ2n) is 7.94. The van der Waals surface area contributed by atoms with E-state index in [2.05, 4.69) is 17.5 Å². The zero-order valence-corrected chi connectivity index (χ0v) is 18.5. The van der Waals surface area contributed by atoms with Crippen molar-refractivity contribution in [1.82, 2.24) is 9.88 Å². The molecule has 1 aromatic carbocycles. The lowest BCUT2D eigenvalue weighted by molar-refractivity contribution is -0.138. The van der Waals surface area contributed by atoms with Crippen LogP contribution >= 0.6 is 11.3 Å². The number of nitrogens with zero attached hydrogens (tertiary/aromatic N) is 2. The highest BCUT2D eigenvalue weighted by Crippen LogP contribution is 2.36. The molecule has 0 atom stereocenters. The maximum atomic E-state index is 13.3. The van der Waals surface area contributed by atoms with Crippen LogP contribution in [0.3, 0.4) is 0 Å². The number of pyridine rings is 1. The van der Waals surface area contributed by atoms with Gasteiger partial charge in [0.25, 0.3) is 5.91 Å². The van der Waals surface area contributed by atoms with Crippen LogP contribution in [0.15, 0.2) is 41.8 Å². The van der Waals surface area contributed by atoms with Gasteiger partial charge in [0, 0.05) is 23.4 Å². The van der Waals surface area contributed by atoms with Gasteiger partial charge in [-0.05, 0) is 54.0 Å². The Morgan fingerprint density at radius 2 is 1.97 bits per heavy atom. The number of benzene rings is 1. The van der Waals surface area contributed by atoms with Crippen molar-refractivity contribution in [1.29, 1.82) is 0 Å². The molecule has 164 valence electrons. The molecule has 0 bridgehead atoms. The molecular weight excluding hydrogens is 424 g/mol. The number of fused-ring (bicyclic) bond motifs is 2. The molecule has 6 nitrogen and oxygen atoms in total. The van der Waals surface area contributed by atoms with Gasteiger partial charge in [0.2, 0.25) is 0 Å². The molecule has 0 unspecified atom stereocenters. The fourth-order valence-electron chi connectivity index (χ4n) is 4.36. The molecule has 0 radical (unpaired) electrons. The molecule has 3 heterocycles. The van der Waals surface area contributed by atoms with Gasteiger partial charge in [-0.2, -0.15) is 0 Å². The average Bonchev–Trinajstić information content (AvgIpc) is 3.35. The Bertz CT molecular complexity index is 1180. The number of carbonyl (C=O) groups excluding carboxylic acids is 2. The van der Waals surface area contributed by atoms with Gasteiger partial charge >= 0.3 is 5.97 Å². The molecule has 0 N–H and O–H groups in total. The molecule has 1 fully saturated rings. The molecular formula is C25H24N2O4S. The van der Waals surface area contributed by atoms with Crippen molar-refractivity contribution in [3.8, 4) is 0 Å². The van der Waals surface area contributed by atoms with E-state index >= 15 is 0 Å². The van der Waals surface area contributed by atoms with Crippen LogP contribution in [0.25, 0.3) is 22.6 Å². The Hall–Kier alpha value is -3.03. The number of hydrogen-bond acceptors (Lipinski definition) is 6. The zero-order valence-electron chi connectivity index (χ0n) is 17.7. The Morgan fingerprint density at radius 3 is 2.78 bits per heavy atom. The highest BCUT2D eigenvalue weighted by molar-refractivity contribution is 7.10. The molecule has 3 aromatic rings. The number of ether oxygens (including phenoxy) is 2. The molecule has 1 amide bonds. The van der Waals surface area contributed by atoms with Gasteiger partial charge < -0.3 is 14.4 Å². The smallest absolute Gasteiger partial charge is 0.339 e. The van der Waals surface area contributed by atoms with Crippen LogP contribution < -0.4 is 0 Å². The van der Waals surface area contributed by atoms with E-state index in [-0.39, 0.29) is 12.5 Å². The first-order valence-corrected chi connectivity index (χ1v) is 11.8. The second-order valence-corrected chi connectivity index (χ2v) is 8.92. The molecule has 2 aliphatic rings. The van der Waals surface area contributed by atoms with E-state index in [1.165, 1.54) is 4.88 Å². The molecule has 7 heteroatoms. The van der Waals surface area contributed by atoms with E-state index < -0.39 is 5.97 Å². The van der Waals surface area contributed by atoms with Crippen molar-refractivity contribution in [3.63, 3.8) is 0 Å². The van der Waals surface area contributed by atoms with Crippen molar-refractivity contribution < 1.29 is 19.1 Å². The Kier molecular flexibility index (Phi) is 6.01. The standard InChI is InChI=1S/C25H24N2O4S/c28-22(27-10-12-30-13-11-27)16-31-25(29)23-19-7-1-2-9-21(19)26-24-17(5-3-8-20(23)24)15-18-6-4-14-32-18/h1-2,4,6-7,9,14-15H,3,5,8,10-13,16H2/b17-15+. The van der Waals surface area contributed by atoms with Gasteiger partial charge in [-0.1, -0.05) is 24.3 Å². The van der Waals surface area contributed by atoms with Crippen molar-refractivity contribution >= 4 is 45.8 Å². The normalized spacial score (nSPS) is 17.4. The lowest BCUT2D eigenvalue weighted by Gasteiger charge is -2.26. The zero-order chi connectivity index (χ0) is 21.9. The van der Waals surface area contributed by atoms with E-state index in [0.717, 1.165) is 47.0 Å². The minimum Gasteiger partial charge on any atom is -0.452 e. The molecule has 1 aliphatic carbocycles. The van der Waals surface area contributed by atoms with Crippen LogP contribution in [0.1, 0.15) is 39.3 Å². The summed E-state index contributed by atoms with van der Waals surface area (Å²) in [6.45, 7) is 1.83. The van der Waals surface area contributed by atoms with E-state index in [9.17, 15) is 9.59 Å². The SMILES string of the molecule is O=C(OCC(=O)N1CCOCC1)c1c2c(nc3ccccc13)/C(=C/c1cccs1)CCC2. The first kappa shape index (κ1) is 20.8. The summed E-state index contributed by atoms with van der Waals surface area (Å²) in [7, 11) is 0. The summed E-state index contributed by atoms with van der Waals surface area (Å²) in [4.78, 5) is 33.5. The van der Waals surface area contributed by atoms with E-state index in [1.54, 1.807) is 16.2 Å². The third-order valence-corrected chi connectivity index (χ3v) is 6.74. The summed E-state index contributed by atoms with van der Waals surface area (Å²) in [5.41, 5.74) is 4.23. The van der Waals surface area contributed by atoms with Crippen molar-refractivity contribution in [3.05, 3.63) is 63.5 Å². The second kappa shape index (κ2) is 9.22. The fraction of sp³-hybridized carbons (Fsp3) is 0.320. The summed E-state index contributed by atoms with van der Waals surface area (Å²) in [6.07, 6.45) is 4.79. The van der Waals surface area contributed by atoms with Crippen molar-refractivity contribution in [2.75, 3.05) is 32.9 Å². The number of para-hydroxylation sites is 1. The first-order chi connectivity index (χ1) is 15.7. The number of amides is 1. The Morgan fingerprint density at radius 1 is 1.12 bits per heavy atom. The predicted octanol–water partition coefficient (Wildman–Crippen LogP) is 4.19. The molecule has 32 heavy (non-hydrogen) atoms. The summed E-state index contributed by atoms with van der Waals surface area (Å²) in [5.74, 6) is -0.647. The lowest BCUT2D eigenvalue weighted by Crippen LogP contribution is -2.42. The van der Waals surface area contributed by atoms with Gasteiger partial charge in [-0.25, -0.2) is 9.78 Å². The molecule has 0 saturated carbocycles. The maximum Gasteiger partial charge on any atom is 0.339 e. The number of carbonyl (C=O) groups is 2. The highest BCUT2D eigenvalue weighted by Gasteiger charge is 2.27. The lowest BCUT2D eigenvalue weighted by atomic mass is 9.86. The number of hydrogen-bond donors (Lipinski definition) is 0. The van der Waals surface area contributed by atoms with Crippen LogP contribution in [0.5, 0.6) is 0 Å². The van der Waals surface area contributed by atoms with Crippen LogP contribution in [-0.4, -0.2) is 54.7 Å². The number of morpholine rings is 1.